The Bertz CT molecular complexity index is 2830. The number of rotatable bonds is 5. The predicted molar refractivity (Wildman–Crippen MR) is 235 cm³/mol. The molecule has 8 aromatic rings. The SMILES string of the molecule is C1=C2C(=CC(c3ccc(-c4ccc(N(c5ccccc5)c5ccccc5)cc4)cc3)C1)C1(c3ccccc3-c3ccccc31)c1ccc3c4c(oc3c12)CCCC4. The average Bonchev–Trinajstić information content (AvgIpc) is 3.91. The molecular formula is C55H41NO. The Kier molecular flexibility index (Phi) is 7.26. The second kappa shape index (κ2) is 12.7. The van der Waals surface area contributed by atoms with Gasteiger partial charge in [0.1, 0.15) is 11.3 Å². The molecule has 0 N–H and O–H groups in total. The van der Waals surface area contributed by atoms with Crippen LogP contribution in [0.1, 0.15) is 64.3 Å². The lowest BCUT2D eigenvalue weighted by molar-refractivity contribution is 0.505. The molecule has 0 amide bonds. The van der Waals surface area contributed by atoms with Crippen LogP contribution in [-0.4, -0.2) is 0 Å². The Morgan fingerprint density at radius 1 is 0.526 bits per heavy atom. The number of furan rings is 1. The molecule has 1 heterocycles. The van der Waals surface area contributed by atoms with Crippen LogP contribution >= 0.6 is 0 Å². The van der Waals surface area contributed by atoms with Gasteiger partial charge in [0, 0.05) is 45.9 Å². The molecule has 4 aliphatic carbocycles. The van der Waals surface area contributed by atoms with E-state index >= 15 is 0 Å². The summed E-state index contributed by atoms with van der Waals surface area (Å²) >= 11 is 0. The molecule has 0 saturated heterocycles. The number of para-hydroxylation sites is 2. The van der Waals surface area contributed by atoms with Crippen molar-refractivity contribution < 1.29 is 4.42 Å². The predicted octanol–water partition coefficient (Wildman–Crippen LogP) is 14.3. The largest absolute Gasteiger partial charge is 0.460 e. The van der Waals surface area contributed by atoms with Gasteiger partial charge in [-0.1, -0.05) is 146 Å². The number of hydrogen-bond acceptors (Lipinski definition) is 2. The molecule has 57 heavy (non-hydrogen) atoms. The normalized spacial score (nSPS) is 16.9. The van der Waals surface area contributed by atoms with Crippen molar-refractivity contribution in [2.75, 3.05) is 4.90 Å². The van der Waals surface area contributed by atoms with Crippen molar-refractivity contribution in [3.8, 4) is 22.3 Å². The highest BCUT2D eigenvalue weighted by atomic mass is 16.3. The summed E-state index contributed by atoms with van der Waals surface area (Å²) in [5.41, 5.74) is 20.3. The molecule has 1 atom stereocenters. The first kappa shape index (κ1) is 32.6. The third kappa shape index (κ3) is 4.77. The summed E-state index contributed by atoms with van der Waals surface area (Å²) in [6, 6.07) is 62.6. The van der Waals surface area contributed by atoms with Crippen LogP contribution in [0.4, 0.5) is 17.1 Å². The number of nitrogens with zero attached hydrogens (tertiary/aromatic N) is 1. The fraction of sp³-hybridized carbons (Fsp3) is 0.127. The van der Waals surface area contributed by atoms with Crippen LogP contribution in [-0.2, 0) is 18.3 Å². The maximum atomic E-state index is 6.92. The van der Waals surface area contributed by atoms with E-state index in [0.717, 1.165) is 41.9 Å². The smallest absolute Gasteiger partial charge is 0.142 e. The second-order valence-electron chi connectivity index (χ2n) is 16.1. The number of anilines is 3. The standard InChI is InChI=1S/C55H41NO/c1-3-13-40(14-4-1)56(41-15-5-2-6-16-41)42-30-27-37(28-31-42)36-23-25-38(26-24-36)39-29-32-47-51(35-39)55(48-20-10-7-17-43(48)44-18-8-11-21-49(44)55)50-34-33-46-45-19-9-12-22-52(45)57-54(46)53(47)50/h1-8,10-11,13-18,20-21,23-28,30-35,39H,9,12,19,22,29H2. The van der Waals surface area contributed by atoms with Crippen molar-refractivity contribution >= 4 is 33.6 Å². The molecule has 1 aromatic heterocycles. The summed E-state index contributed by atoms with van der Waals surface area (Å²) in [4.78, 5) is 2.31. The number of aryl methyl sites for hydroxylation is 2. The lowest BCUT2D eigenvalue weighted by Gasteiger charge is -2.33. The van der Waals surface area contributed by atoms with Crippen molar-refractivity contribution in [3.05, 3.63) is 227 Å². The van der Waals surface area contributed by atoms with Crippen molar-refractivity contribution in [1.29, 1.82) is 0 Å². The van der Waals surface area contributed by atoms with Crippen molar-refractivity contribution in [1.82, 2.24) is 0 Å². The molecule has 2 nitrogen and oxygen atoms in total. The molecule has 0 aliphatic heterocycles. The maximum Gasteiger partial charge on any atom is 0.142 e. The zero-order valence-electron chi connectivity index (χ0n) is 31.8. The average molecular weight is 732 g/mol. The fourth-order valence-corrected chi connectivity index (χ4v) is 10.7. The minimum absolute atomic E-state index is 0.261. The topological polar surface area (TPSA) is 16.4 Å². The number of fused-ring (bicyclic) bond motifs is 14. The van der Waals surface area contributed by atoms with Gasteiger partial charge in [-0.05, 0) is 118 Å². The van der Waals surface area contributed by atoms with Gasteiger partial charge in [-0.3, -0.25) is 0 Å². The molecule has 0 saturated carbocycles. The molecule has 4 aliphatic rings. The van der Waals surface area contributed by atoms with Gasteiger partial charge in [0.2, 0.25) is 0 Å². The van der Waals surface area contributed by atoms with Gasteiger partial charge in [-0.2, -0.15) is 0 Å². The third-order valence-corrected chi connectivity index (χ3v) is 13.2. The number of benzene rings is 7. The quantitative estimate of drug-likeness (QED) is 0.175. The lowest BCUT2D eigenvalue weighted by Crippen LogP contribution is -2.27. The number of hydrogen-bond donors (Lipinski definition) is 0. The molecule has 0 bridgehead atoms. The summed E-state index contributed by atoms with van der Waals surface area (Å²) < 4.78 is 6.92. The van der Waals surface area contributed by atoms with E-state index in [0.29, 0.717) is 0 Å². The van der Waals surface area contributed by atoms with E-state index in [-0.39, 0.29) is 11.3 Å². The first-order valence-corrected chi connectivity index (χ1v) is 20.6. The van der Waals surface area contributed by atoms with Crippen LogP contribution in [0.3, 0.4) is 0 Å². The van der Waals surface area contributed by atoms with Gasteiger partial charge in [0.25, 0.3) is 0 Å². The first-order valence-electron chi connectivity index (χ1n) is 20.6. The van der Waals surface area contributed by atoms with Gasteiger partial charge in [-0.25, -0.2) is 0 Å². The molecule has 1 spiro atoms. The summed E-state index contributed by atoms with van der Waals surface area (Å²) in [5.74, 6) is 1.47. The Labute approximate surface area is 334 Å². The molecule has 7 aromatic carbocycles. The zero-order chi connectivity index (χ0) is 37.5. The van der Waals surface area contributed by atoms with E-state index in [2.05, 4.69) is 187 Å². The van der Waals surface area contributed by atoms with E-state index in [1.807, 2.05) is 0 Å². The Hall–Kier alpha value is -6.64. The van der Waals surface area contributed by atoms with Crippen LogP contribution < -0.4 is 4.90 Å². The summed E-state index contributed by atoms with van der Waals surface area (Å²) in [6.45, 7) is 0. The molecular weight excluding hydrogens is 691 g/mol. The van der Waals surface area contributed by atoms with E-state index in [1.165, 1.54) is 90.8 Å². The summed E-state index contributed by atoms with van der Waals surface area (Å²) in [7, 11) is 0. The third-order valence-electron chi connectivity index (χ3n) is 13.2. The van der Waals surface area contributed by atoms with Gasteiger partial charge >= 0.3 is 0 Å². The van der Waals surface area contributed by atoms with Crippen molar-refractivity contribution in [2.24, 2.45) is 0 Å². The summed E-state index contributed by atoms with van der Waals surface area (Å²) in [6.07, 6.45) is 10.7. The lowest BCUT2D eigenvalue weighted by atomic mass is 9.68. The second-order valence-corrected chi connectivity index (χ2v) is 16.1. The zero-order valence-corrected chi connectivity index (χ0v) is 31.8. The van der Waals surface area contributed by atoms with E-state index in [4.69, 9.17) is 4.42 Å². The highest BCUT2D eigenvalue weighted by molar-refractivity contribution is 6.07. The molecule has 2 heteroatoms. The van der Waals surface area contributed by atoms with Crippen molar-refractivity contribution in [2.45, 2.75) is 43.4 Å². The van der Waals surface area contributed by atoms with Crippen LogP contribution in [0.2, 0.25) is 0 Å². The molecule has 272 valence electrons. The van der Waals surface area contributed by atoms with Gasteiger partial charge in [-0.15, -0.1) is 0 Å². The van der Waals surface area contributed by atoms with E-state index < -0.39 is 0 Å². The maximum absolute atomic E-state index is 6.92. The minimum Gasteiger partial charge on any atom is -0.460 e. The Morgan fingerprint density at radius 3 is 1.77 bits per heavy atom. The number of allylic oxidation sites excluding steroid dienone is 4. The highest BCUT2D eigenvalue weighted by Gasteiger charge is 2.55. The fourth-order valence-electron chi connectivity index (χ4n) is 10.7. The monoisotopic (exact) mass is 731 g/mol. The van der Waals surface area contributed by atoms with Gasteiger partial charge in [0.15, 0.2) is 0 Å². The minimum atomic E-state index is -0.385. The van der Waals surface area contributed by atoms with Crippen LogP contribution in [0, 0.1) is 0 Å². The van der Waals surface area contributed by atoms with E-state index in [1.54, 1.807) is 0 Å². The molecule has 0 radical (unpaired) electrons. The van der Waals surface area contributed by atoms with E-state index in [9.17, 15) is 0 Å². The highest BCUT2D eigenvalue weighted by Crippen LogP contribution is 2.66. The van der Waals surface area contributed by atoms with Crippen LogP contribution in [0.15, 0.2) is 192 Å². The van der Waals surface area contributed by atoms with Gasteiger partial charge < -0.3 is 9.32 Å². The Morgan fingerprint density at radius 2 is 1.11 bits per heavy atom. The molecule has 12 rings (SSSR count). The molecule has 1 unspecified atom stereocenters. The van der Waals surface area contributed by atoms with Crippen molar-refractivity contribution in [3.63, 3.8) is 0 Å². The van der Waals surface area contributed by atoms with Crippen LogP contribution in [0.5, 0.6) is 0 Å². The molecule has 0 fully saturated rings. The van der Waals surface area contributed by atoms with Crippen LogP contribution in [0.25, 0.3) is 38.8 Å². The van der Waals surface area contributed by atoms with Gasteiger partial charge in [0.05, 0.1) is 5.41 Å². The Balaban J connectivity index is 0.940. The first-order chi connectivity index (χ1) is 28.3. The summed E-state index contributed by atoms with van der Waals surface area (Å²) in [5, 5.41) is 1.32.